The minimum Gasteiger partial charge on any atom is -0.353 e. The Morgan fingerprint density at radius 2 is 1.16 bits per heavy atom. The van der Waals surface area contributed by atoms with Gasteiger partial charge in [0.25, 0.3) is 0 Å². The highest BCUT2D eigenvalue weighted by atomic mass is 16.7. The molecular weight excluding hydrogens is 236 g/mol. The van der Waals surface area contributed by atoms with Crippen LogP contribution >= 0.6 is 0 Å². The minimum absolute atomic E-state index is 0.000413. The van der Waals surface area contributed by atoms with Crippen LogP contribution < -0.4 is 0 Å². The van der Waals surface area contributed by atoms with E-state index < -0.39 is 0 Å². The molecule has 0 aromatic heterocycles. The first-order valence-corrected chi connectivity index (χ1v) is 8.49. The lowest BCUT2D eigenvalue weighted by Crippen LogP contribution is -2.25. The zero-order chi connectivity index (χ0) is 14.3. The Kier molecular flexibility index (Phi) is 14.3. The first kappa shape index (κ1) is 18.9. The molecule has 2 nitrogen and oxygen atoms in total. The monoisotopic (exact) mass is 272 g/mol. The summed E-state index contributed by atoms with van der Waals surface area (Å²) in [5, 5.41) is 0. The summed E-state index contributed by atoms with van der Waals surface area (Å²) in [5.74, 6) is 0.514. The van der Waals surface area contributed by atoms with Crippen LogP contribution in [0.3, 0.4) is 0 Å². The molecule has 1 atom stereocenters. The average Bonchev–Trinajstić information content (AvgIpc) is 2.41. The summed E-state index contributed by atoms with van der Waals surface area (Å²) in [6, 6.07) is 0. The molecule has 0 aromatic carbocycles. The van der Waals surface area contributed by atoms with E-state index in [0.29, 0.717) is 5.92 Å². The summed E-state index contributed by atoms with van der Waals surface area (Å²) in [5.41, 5.74) is 0. The number of ether oxygens (including phenoxy) is 2. The second-order valence-electron chi connectivity index (χ2n) is 5.52. The molecule has 0 heterocycles. The van der Waals surface area contributed by atoms with Crippen LogP contribution in [0.4, 0.5) is 0 Å². The van der Waals surface area contributed by atoms with Gasteiger partial charge in [-0.05, 0) is 20.3 Å². The third-order valence-electron chi connectivity index (χ3n) is 3.64. The highest BCUT2D eigenvalue weighted by Gasteiger charge is 2.16. The second-order valence-corrected chi connectivity index (χ2v) is 5.52. The fourth-order valence-electron chi connectivity index (χ4n) is 2.44. The number of hydrogen-bond donors (Lipinski definition) is 0. The molecule has 0 aliphatic heterocycles. The van der Waals surface area contributed by atoms with Crippen LogP contribution in [0.5, 0.6) is 0 Å². The first-order valence-electron chi connectivity index (χ1n) is 8.49. The van der Waals surface area contributed by atoms with Gasteiger partial charge in [0, 0.05) is 19.1 Å². The van der Waals surface area contributed by atoms with Crippen molar-refractivity contribution < 1.29 is 9.47 Å². The summed E-state index contributed by atoms with van der Waals surface area (Å²) in [7, 11) is 0. The molecule has 0 radical (unpaired) electrons. The molecule has 0 aliphatic carbocycles. The zero-order valence-corrected chi connectivity index (χ0v) is 13.7. The molecular formula is C17H36O2. The van der Waals surface area contributed by atoms with Crippen LogP contribution in [0.25, 0.3) is 0 Å². The Labute approximate surface area is 121 Å². The van der Waals surface area contributed by atoms with Crippen molar-refractivity contribution in [3.63, 3.8) is 0 Å². The molecule has 0 spiro atoms. The molecule has 19 heavy (non-hydrogen) atoms. The number of hydrogen-bond acceptors (Lipinski definition) is 2. The number of rotatable bonds is 14. The van der Waals surface area contributed by atoms with E-state index in [9.17, 15) is 0 Å². The lowest BCUT2D eigenvalue weighted by molar-refractivity contribution is -0.164. The lowest BCUT2D eigenvalue weighted by atomic mass is 10.0. The highest BCUT2D eigenvalue weighted by Crippen LogP contribution is 2.18. The van der Waals surface area contributed by atoms with Crippen molar-refractivity contribution in [3.8, 4) is 0 Å². The molecule has 2 heteroatoms. The van der Waals surface area contributed by atoms with E-state index in [1.807, 2.05) is 13.8 Å². The van der Waals surface area contributed by atoms with Gasteiger partial charge in [0.15, 0.2) is 6.29 Å². The van der Waals surface area contributed by atoms with Crippen LogP contribution in [0.15, 0.2) is 0 Å². The van der Waals surface area contributed by atoms with E-state index in [0.717, 1.165) is 13.2 Å². The molecule has 1 unspecified atom stereocenters. The first-order chi connectivity index (χ1) is 9.26. The van der Waals surface area contributed by atoms with Gasteiger partial charge in [0.2, 0.25) is 0 Å². The van der Waals surface area contributed by atoms with Gasteiger partial charge in [-0.2, -0.15) is 0 Å². The largest absolute Gasteiger partial charge is 0.353 e. The highest BCUT2D eigenvalue weighted by molar-refractivity contribution is 4.58. The predicted octanol–water partition coefficient (Wildman–Crippen LogP) is 5.55. The van der Waals surface area contributed by atoms with Crippen LogP contribution in [-0.4, -0.2) is 19.5 Å². The molecule has 0 aromatic rings. The van der Waals surface area contributed by atoms with Crippen molar-refractivity contribution in [2.75, 3.05) is 13.2 Å². The van der Waals surface area contributed by atoms with Gasteiger partial charge in [0.05, 0.1) is 0 Å². The van der Waals surface area contributed by atoms with Crippen LogP contribution in [0, 0.1) is 5.92 Å². The van der Waals surface area contributed by atoms with E-state index >= 15 is 0 Å². The van der Waals surface area contributed by atoms with E-state index in [2.05, 4.69) is 13.8 Å². The summed E-state index contributed by atoms with van der Waals surface area (Å²) in [4.78, 5) is 0. The van der Waals surface area contributed by atoms with Crippen molar-refractivity contribution in [2.45, 2.75) is 91.8 Å². The maximum absolute atomic E-state index is 5.64. The Balaban J connectivity index is 3.47. The molecule has 0 saturated carbocycles. The van der Waals surface area contributed by atoms with Crippen molar-refractivity contribution in [2.24, 2.45) is 5.92 Å². The fourth-order valence-corrected chi connectivity index (χ4v) is 2.44. The van der Waals surface area contributed by atoms with Gasteiger partial charge in [-0.3, -0.25) is 0 Å². The summed E-state index contributed by atoms with van der Waals surface area (Å²) < 4.78 is 11.3. The molecule has 0 rings (SSSR count). The third kappa shape index (κ3) is 11.4. The van der Waals surface area contributed by atoms with E-state index in [4.69, 9.17) is 9.47 Å². The zero-order valence-electron chi connectivity index (χ0n) is 13.7. The second kappa shape index (κ2) is 14.3. The lowest BCUT2D eigenvalue weighted by Gasteiger charge is -2.23. The van der Waals surface area contributed by atoms with Gasteiger partial charge in [-0.15, -0.1) is 0 Å². The van der Waals surface area contributed by atoms with Crippen molar-refractivity contribution in [1.82, 2.24) is 0 Å². The van der Waals surface area contributed by atoms with Gasteiger partial charge in [0.1, 0.15) is 0 Å². The Morgan fingerprint density at radius 3 is 1.63 bits per heavy atom. The maximum Gasteiger partial charge on any atom is 0.160 e. The van der Waals surface area contributed by atoms with Crippen molar-refractivity contribution in [3.05, 3.63) is 0 Å². The molecule has 0 fully saturated rings. The summed E-state index contributed by atoms with van der Waals surface area (Å²) in [6.45, 7) is 10.1. The minimum atomic E-state index is -0.000413. The molecule has 0 saturated heterocycles. The van der Waals surface area contributed by atoms with E-state index in [1.165, 1.54) is 57.8 Å². The summed E-state index contributed by atoms with van der Waals surface area (Å²) in [6.07, 6.45) is 12.3. The summed E-state index contributed by atoms with van der Waals surface area (Å²) >= 11 is 0. The average molecular weight is 272 g/mol. The predicted molar refractivity (Wildman–Crippen MR) is 83.4 cm³/mol. The van der Waals surface area contributed by atoms with E-state index in [1.54, 1.807) is 0 Å². The maximum atomic E-state index is 5.64. The van der Waals surface area contributed by atoms with Gasteiger partial charge < -0.3 is 9.47 Å². The van der Waals surface area contributed by atoms with Crippen LogP contribution in [0.2, 0.25) is 0 Å². The molecule has 116 valence electrons. The van der Waals surface area contributed by atoms with Crippen LogP contribution in [-0.2, 0) is 9.47 Å². The molecule has 0 bridgehead atoms. The molecule has 0 aliphatic rings. The quantitative estimate of drug-likeness (QED) is 0.305. The van der Waals surface area contributed by atoms with Crippen LogP contribution in [0.1, 0.15) is 85.5 Å². The van der Waals surface area contributed by atoms with Gasteiger partial charge >= 0.3 is 0 Å². The van der Waals surface area contributed by atoms with Gasteiger partial charge in [-0.1, -0.05) is 65.2 Å². The van der Waals surface area contributed by atoms with Crippen molar-refractivity contribution >= 4 is 0 Å². The SMILES string of the molecule is CCCCCCCCCCC(C)C(OCC)OCC. The normalized spacial score (nSPS) is 13.1. The fraction of sp³-hybridized carbons (Fsp3) is 1.00. The Morgan fingerprint density at radius 1 is 0.684 bits per heavy atom. The third-order valence-corrected chi connectivity index (χ3v) is 3.64. The standard InChI is InChI=1S/C17H36O2/c1-5-8-9-10-11-12-13-14-15-16(4)17(18-6-2)19-7-3/h16-17H,5-15H2,1-4H3. The topological polar surface area (TPSA) is 18.5 Å². The smallest absolute Gasteiger partial charge is 0.160 e. The van der Waals surface area contributed by atoms with Gasteiger partial charge in [-0.25, -0.2) is 0 Å². The Hall–Kier alpha value is -0.0800. The van der Waals surface area contributed by atoms with Crippen molar-refractivity contribution in [1.29, 1.82) is 0 Å². The molecule has 0 N–H and O–H groups in total. The molecule has 0 amide bonds. The Bertz CT molecular complexity index is 165. The van der Waals surface area contributed by atoms with E-state index in [-0.39, 0.29) is 6.29 Å². The number of unbranched alkanes of at least 4 members (excludes halogenated alkanes) is 7.